The Morgan fingerprint density at radius 3 is 2.58 bits per heavy atom. The first-order chi connectivity index (χ1) is 8.95. The second-order valence-electron chi connectivity index (χ2n) is 6.20. The number of halogens is 1. The summed E-state index contributed by atoms with van der Waals surface area (Å²) >= 11 is 6.07. The van der Waals surface area contributed by atoms with Crippen molar-refractivity contribution >= 4 is 17.4 Å². The zero-order valence-electron chi connectivity index (χ0n) is 12.3. The molecular weight excluding hydrogens is 258 g/mol. The maximum atomic E-state index is 6.07. The molecule has 106 valence electrons. The predicted molar refractivity (Wildman–Crippen MR) is 80.7 cm³/mol. The van der Waals surface area contributed by atoms with Gasteiger partial charge in [0.05, 0.1) is 0 Å². The van der Waals surface area contributed by atoms with Crippen molar-refractivity contribution in [3.8, 4) is 0 Å². The first kappa shape index (κ1) is 14.6. The van der Waals surface area contributed by atoms with E-state index in [2.05, 4.69) is 43.0 Å². The minimum absolute atomic E-state index is 0.296. The lowest BCUT2D eigenvalue weighted by atomic mass is 9.79. The van der Waals surface area contributed by atoms with Crippen LogP contribution in [0.25, 0.3) is 0 Å². The number of anilines is 1. The summed E-state index contributed by atoms with van der Waals surface area (Å²) in [7, 11) is 0. The molecule has 0 aromatic carbocycles. The Morgan fingerprint density at radius 2 is 1.95 bits per heavy atom. The lowest BCUT2D eigenvalue weighted by Crippen LogP contribution is -2.30. The highest BCUT2D eigenvalue weighted by atomic mass is 35.5. The topological polar surface area (TPSA) is 37.8 Å². The number of nitrogens with one attached hydrogen (secondary N) is 1. The van der Waals surface area contributed by atoms with Crippen molar-refractivity contribution in [3.05, 3.63) is 17.0 Å². The first-order valence-corrected chi connectivity index (χ1v) is 7.64. The molecule has 3 nitrogen and oxygen atoms in total. The van der Waals surface area contributed by atoms with E-state index >= 15 is 0 Å². The molecule has 2 rings (SSSR count). The van der Waals surface area contributed by atoms with Gasteiger partial charge in [-0.3, -0.25) is 0 Å². The summed E-state index contributed by atoms with van der Waals surface area (Å²) in [5, 5.41) is 4.06. The third-order valence-corrected chi connectivity index (χ3v) is 4.37. The molecule has 0 aliphatic heterocycles. The monoisotopic (exact) mass is 281 g/mol. The average molecular weight is 282 g/mol. The second kappa shape index (κ2) is 6.08. The summed E-state index contributed by atoms with van der Waals surface area (Å²) < 4.78 is 0. The molecule has 0 bridgehead atoms. The van der Waals surface area contributed by atoms with Gasteiger partial charge in [0.25, 0.3) is 0 Å². The average Bonchev–Trinajstić information content (AvgIpc) is 2.33. The molecule has 0 radical (unpaired) electrons. The molecule has 1 N–H and O–H groups in total. The van der Waals surface area contributed by atoms with Crippen LogP contribution in [0.2, 0.25) is 5.15 Å². The molecule has 1 aromatic heterocycles. The highest BCUT2D eigenvalue weighted by molar-refractivity contribution is 6.29. The van der Waals surface area contributed by atoms with Crippen molar-refractivity contribution in [1.29, 1.82) is 0 Å². The fraction of sp³-hybridized carbons (Fsp3) is 0.733. The third-order valence-electron chi connectivity index (χ3n) is 4.18. The van der Waals surface area contributed by atoms with Crippen LogP contribution in [0.4, 0.5) is 5.82 Å². The van der Waals surface area contributed by atoms with E-state index in [-0.39, 0.29) is 0 Å². The van der Waals surface area contributed by atoms with E-state index in [0.717, 1.165) is 23.5 Å². The summed E-state index contributed by atoms with van der Waals surface area (Å²) in [5.74, 6) is 3.58. The van der Waals surface area contributed by atoms with Crippen molar-refractivity contribution in [3.63, 3.8) is 0 Å². The number of rotatable bonds is 3. The lowest BCUT2D eigenvalue weighted by molar-refractivity contribution is 0.260. The number of nitrogens with zero attached hydrogens (tertiary/aromatic N) is 2. The van der Waals surface area contributed by atoms with Gasteiger partial charge in [-0.15, -0.1) is 0 Å². The molecule has 4 heteroatoms. The van der Waals surface area contributed by atoms with Gasteiger partial charge >= 0.3 is 0 Å². The Hall–Kier alpha value is -0.830. The van der Waals surface area contributed by atoms with Gasteiger partial charge < -0.3 is 5.32 Å². The van der Waals surface area contributed by atoms with Crippen molar-refractivity contribution < 1.29 is 0 Å². The van der Waals surface area contributed by atoms with Gasteiger partial charge in [0.1, 0.15) is 16.8 Å². The Kier molecular flexibility index (Phi) is 4.67. The maximum Gasteiger partial charge on any atom is 0.135 e. The van der Waals surface area contributed by atoms with Crippen LogP contribution in [0.5, 0.6) is 0 Å². The molecule has 1 saturated carbocycles. The summed E-state index contributed by atoms with van der Waals surface area (Å²) in [5.41, 5.74) is 0. The van der Waals surface area contributed by atoms with Crippen LogP contribution in [0.15, 0.2) is 6.07 Å². The zero-order chi connectivity index (χ0) is 14.0. The van der Waals surface area contributed by atoms with E-state index in [1.54, 1.807) is 0 Å². The molecule has 1 aromatic rings. The van der Waals surface area contributed by atoms with Crippen LogP contribution in [0.3, 0.4) is 0 Å². The Balaban J connectivity index is 2.07. The van der Waals surface area contributed by atoms with Gasteiger partial charge in [-0.25, -0.2) is 9.97 Å². The molecule has 0 amide bonds. The number of hydrogen-bond donors (Lipinski definition) is 1. The van der Waals surface area contributed by atoms with Crippen molar-refractivity contribution in [1.82, 2.24) is 9.97 Å². The second-order valence-corrected chi connectivity index (χ2v) is 6.58. The van der Waals surface area contributed by atoms with E-state index in [1.807, 2.05) is 6.07 Å². The Labute approximate surface area is 121 Å². The summed E-state index contributed by atoms with van der Waals surface area (Å²) in [4.78, 5) is 8.83. The molecule has 3 atom stereocenters. The third kappa shape index (κ3) is 3.82. The highest BCUT2D eigenvalue weighted by Gasteiger charge is 2.24. The molecular formula is C15H24ClN3. The van der Waals surface area contributed by atoms with Gasteiger partial charge in [0.15, 0.2) is 0 Å². The SMILES string of the molecule is CC(C)c1nc(Cl)cc(NC2CCC(C)C(C)C2)n1. The van der Waals surface area contributed by atoms with Gasteiger partial charge in [-0.1, -0.05) is 39.3 Å². The summed E-state index contributed by atoms with van der Waals surface area (Å²) in [6, 6.07) is 2.34. The van der Waals surface area contributed by atoms with Gasteiger partial charge in [0, 0.05) is 18.0 Å². The van der Waals surface area contributed by atoms with Gasteiger partial charge in [-0.2, -0.15) is 0 Å². The number of aromatic nitrogens is 2. The fourth-order valence-corrected chi connectivity index (χ4v) is 2.85. The van der Waals surface area contributed by atoms with E-state index in [4.69, 9.17) is 11.6 Å². The van der Waals surface area contributed by atoms with Crippen LogP contribution in [0.1, 0.15) is 58.7 Å². The van der Waals surface area contributed by atoms with Crippen molar-refractivity contribution in [2.75, 3.05) is 5.32 Å². The molecule has 1 fully saturated rings. The van der Waals surface area contributed by atoms with E-state index in [0.29, 0.717) is 17.1 Å². The maximum absolute atomic E-state index is 6.07. The van der Waals surface area contributed by atoms with E-state index in [9.17, 15) is 0 Å². The van der Waals surface area contributed by atoms with Crippen LogP contribution >= 0.6 is 11.6 Å². The lowest BCUT2D eigenvalue weighted by Gasteiger charge is -2.32. The Bertz CT molecular complexity index is 433. The molecule has 3 unspecified atom stereocenters. The molecule has 1 aliphatic carbocycles. The molecule has 0 saturated heterocycles. The first-order valence-electron chi connectivity index (χ1n) is 7.26. The molecule has 1 aliphatic rings. The van der Waals surface area contributed by atoms with Crippen LogP contribution < -0.4 is 5.32 Å². The largest absolute Gasteiger partial charge is 0.367 e. The molecule has 1 heterocycles. The molecule has 19 heavy (non-hydrogen) atoms. The van der Waals surface area contributed by atoms with Gasteiger partial charge in [-0.05, 0) is 31.1 Å². The standard InChI is InChI=1S/C15H24ClN3/c1-9(2)15-18-13(16)8-14(19-15)17-12-6-5-10(3)11(4)7-12/h8-12H,5-7H2,1-4H3,(H,17,18,19). The fourth-order valence-electron chi connectivity index (χ4n) is 2.66. The van der Waals surface area contributed by atoms with Crippen LogP contribution in [-0.4, -0.2) is 16.0 Å². The summed E-state index contributed by atoms with van der Waals surface area (Å²) in [6.07, 6.45) is 3.71. The molecule has 0 spiro atoms. The van der Waals surface area contributed by atoms with Crippen LogP contribution in [-0.2, 0) is 0 Å². The number of hydrogen-bond acceptors (Lipinski definition) is 3. The zero-order valence-corrected chi connectivity index (χ0v) is 13.0. The normalized spacial score (nSPS) is 27.6. The van der Waals surface area contributed by atoms with E-state index in [1.165, 1.54) is 19.3 Å². The smallest absolute Gasteiger partial charge is 0.135 e. The minimum Gasteiger partial charge on any atom is -0.367 e. The van der Waals surface area contributed by atoms with Crippen molar-refractivity contribution in [2.24, 2.45) is 11.8 Å². The van der Waals surface area contributed by atoms with E-state index < -0.39 is 0 Å². The predicted octanol–water partition coefficient (Wildman–Crippen LogP) is 4.49. The summed E-state index contributed by atoms with van der Waals surface area (Å²) in [6.45, 7) is 8.85. The van der Waals surface area contributed by atoms with Gasteiger partial charge in [0.2, 0.25) is 0 Å². The highest BCUT2D eigenvalue weighted by Crippen LogP contribution is 2.31. The van der Waals surface area contributed by atoms with Crippen LogP contribution in [0, 0.1) is 11.8 Å². The quantitative estimate of drug-likeness (QED) is 0.830. The Morgan fingerprint density at radius 1 is 1.21 bits per heavy atom. The minimum atomic E-state index is 0.296. The van der Waals surface area contributed by atoms with Crippen molar-refractivity contribution in [2.45, 2.75) is 58.9 Å².